The first-order chi connectivity index (χ1) is 18.9. The fourth-order valence-corrected chi connectivity index (χ4v) is 5.31. The maximum atomic E-state index is 15.5. The van der Waals surface area contributed by atoms with Crippen molar-refractivity contribution in [3.8, 4) is 11.5 Å². The van der Waals surface area contributed by atoms with E-state index in [4.69, 9.17) is 9.47 Å². The summed E-state index contributed by atoms with van der Waals surface area (Å²) in [5, 5.41) is 11.5. The lowest BCUT2D eigenvalue weighted by atomic mass is 10.0. The number of carbonyl (C=O) groups excluding carboxylic acids is 1. The molecule has 0 aliphatic carbocycles. The van der Waals surface area contributed by atoms with Crippen LogP contribution in [-0.4, -0.2) is 58.1 Å². The van der Waals surface area contributed by atoms with Gasteiger partial charge in [-0.3, -0.25) is 23.4 Å². The van der Waals surface area contributed by atoms with Gasteiger partial charge in [-0.05, 0) is 52.3 Å². The van der Waals surface area contributed by atoms with Gasteiger partial charge in [0.2, 0.25) is 11.3 Å². The van der Waals surface area contributed by atoms with E-state index in [9.17, 15) is 45.3 Å². The smallest absolute Gasteiger partial charge is 0.346 e. The zero-order chi connectivity index (χ0) is 31.3. The van der Waals surface area contributed by atoms with Gasteiger partial charge in [-0.25, -0.2) is 30.6 Å². The van der Waals surface area contributed by atoms with Crippen LogP contribution in [0.3, 0.4) is 0 Å². The van der Waals surface area contributed by atoms with E-state index in [1.807, 2.05) is 0 Å². The number of alkyl halides is 2. The Bertz CT molecular complexity index is 1430. The van der Waals surface area contributed by atoms with Gasteiger partial charge >= 0.3 is 5.97 Å². The van der Waals surface area contributed by atoms with Crippen LogP contribution >= 0.6 is 0 Å². The van der Waals surface area contributed by atoms with Crippen LogP contribution in [0.15, 0.2) is 24.3 Å². The Morgan fingerprint density at radius 1 is 1.22 bits per heavy atom. The normalized spacial score (nSPS) is 13.4. The zero-order valence-corrected chi connectivity index (χ0v) is 24.0. The summed E-state index contributed by atoms with van der Waals surface area (Å²) in [5.41, 5.74) is -5.80. The molecular weight excluding hydrogens is 600 g/mol. The van der Waals surface area contributed by atoms with E-state index >= 15 is 4.39 Å². The van der Waals surface area contributed by atoms with Gasteiger partial charge < -0.3 is 9.47 Å². The molecular formula is C24H28F4N2O9S2. The van der Waals surface area contributed by atoms with Crippen LogP contribution in [0.5, 0.6) is 11.5 Å². The Kier molecular flexibility index (Phi) is 11.2. The van der Waals surface area contributed by atoms with Gasteiger partial charge in [-0.2, -0.15) is 0 Å². The summed E-state index contributed by atoms with van der Waals surface area (Å²) in [6.45, 7) is 3.93. The second-order valence-corrected chi connectivity index (χ2v) is 12.7. The highest BCUT2D eigenvalue weighted by Crippen LogP contribution is 2.38. The predicted octanol–water partition coefficient (Wildman–Crippen LogP) is 5.33. The number of ether oxygens (including phenoxy) is 2. The molecule has 11 nitrogen and oxygen atoms in total. The summed E-state index contributed by atoms with van der Waals surface area (Å²) in [6.07, 6.45) is -1.36. The van der Waals surface area contributed by atoms with Gasteiger partial charge in [-0.15, -0.1) is 0 Å². The number of esters is 1. The molecule has 228 valence electrons. The number of nitrogens with zero attached hydrogens (tertiary/aromatic N) is 2. The molecule has 2 aromatic carbocycles. The van der Waals surface area contributed by atoms with Crippen molar-refractivity contribution in [1.82, 2.24) is 0 Å². The quantitative estimate of drug-likeness (QED) is 0.102. The van der Waals surface area contributed by atoms with E-state index in [1.165, 1.54) is 27.7 Å². The first kappa shape index (κ1) is 33.9. The molecule has 0 aliphatic heterocycles. The van der Waals surface area contributed by atoms with Crippen LogP contribution in [0.2, 0.25) is 0 Å². The number of nitro benzene ring substituents is 1. The predicted molar refractivity (Wildman–Crippen MR) is 141 cm³/mol. The van der Waals surface area contributed by atoms with Crippen molar-refractivity contribution in [1.29, 1.82) is 0 Å². The van der Waals surface area contributed by atoms with Crippen LogP contribution in [0.4, 0.5) is 28.9 Å². The van der Waals surface area contributed by atoms with Crippen molar-refractivity contribution >= 4 is 38.4 Å². The largest absolute Gasteiger partial charge is 0.456 e. The number of sulfone groups is 1. The summed E-state index contributed by atoms with van der Waals surface area (Å²) in [7, 11) is -4.41. The molecule has 0 amide bonds. The first-order valence-electron chi connectivity index (χ1n) is 11.9. The van der Waals surface area contributed by atoms with Crippen molar-refractivity contribution < 1.29 is 53.9 Å². The lowest BCUT2D eigenvalue weighted by molar-refractivity contribution is -0.385. The van der Waals surface area contributed by atoms with Gasteiger partial charge in [-0.1, -0.05) is 0 Å². The molecule has 0 spiro atoms. The fourth-order valence-electron chi connectivity index (χ4n) is 3.51. The number of benzene rings is 2. The van der Waals surface area contributed by atoms with Crippen LogP contribution in [-0.2, 0) is 25.8 Å². The highest BCUT2D eigenvalue weighted by Gasteiger charge is 2.32. The second kappa shape index (κ2) is 13.6. The summed E-state index contributed by atoms with van der Waals surface area (Å²) >= 11 is -3.05. The number of nitro groups is 1. The minimum atomic E-state index is -4.41. The molecule has 17 heteroatoms. The lowest BCUT2D eigenvalue weighted by Gasteiger charge is -2.23. The minimum absolute atomic E-state index is 0.209. The summed E-state index contributed by atoms with van der Waals surface area (Å²) in [4.78, 5) is 23.4. The maximum absolute atomic E-state index is 15.5. The number of halogens is 4. The molecule has 2 rings (SSSR count). The summed E-state index contributed by atoms with van der Waals surface area (Å²) in [5.74, 6) is -6.33. The van der Waals surface area contributed by atoms with E-state index in [0.717, 1.165) is 18.2 Å². The van der Waals surface area contributed by atoms with E-state index in [-0.39, 0.29) is 5.56 Å². The van der Waals surface area contributed by atoms with Crippen molar-refractivity contribution in [3.63, 3.8) is 0 Å². The molecule has 0 radical (unpaired) electrons. The maximum Gasteiger partial charge on any atom is 0.346 e. The highest BCUT2D eigenvalue weighted by atomic mass is 32.2. The molecule has 0 saturated heterocycles. The third-order valence-electron chi connectivity index (χ3n) is 5.40. The number of hydrogen-bond acceptors (Lipinski definition) is 8. The van der Waals surface area contributed by atoms with E-state index < -0.39 is 115 Å². The van der Waals surface area contributed by atoms with E-state index in [1.54, 1.807) is 0 Å². The molecule has 41 heavy (non-hydrogen) atoms. The zero-order valence-electron chi connectivity index (χ0n) is 22.4. The number of anilines is 1. The molecule has 1 N–H and O–H groups in total. The Hall–Kier alpha value is -3.31. The summed E-state index contributed by atoms with van der Waals surface area (Å²) in [6, 6.07) is 3.21. The SMILES string of the molecule is Cc1c(Oc2c(F)ccc(N(CCC(F)S(=O)(=O)CCCF)S(=O)O)c2F)ccc([N+](=O)[O-])c1C(=O)OC(C)(C)C. The Morgan fingerprint density at radius 3 is 2.39 bits per heavy atom. The third kappa shape index (κ3) is 8.59. The van der Waals surface area contributed by atoms with Gasteiger partial charge in [0, 0.05) is 24.6 Å². The fraction of sp³-hybridized carbons (Fsp3) is 0.458. The van der Waals surface area contributed by atoms with Gasteiger partial charge in [0.25, 0.3) is 17.0 Å². The van der Waals surface area contributed by atoms with Crippen LogP contribution < -0.4 is 9.04 Å². The van der Waals surface area contributed by atoms with E-state index in [0.29, 0.717) is 10.4 Å². The van der Waals surface area contributed by atoms with Gasteiger partial charge in [0.05, 0.1) is 23.0 Å². The van der Waals surface area contributed by atoms with Crippen LogP contribution in [0.25, 0.3) is 0 Å². The molecule has 0 aromatic heterocycles. The Labute approximate surface area is 235 Å². The number of rotatable bonds is 13. The van der Waals surface area contributed by atoms with Crippen molar-refractivity contribution in [2.24, 2.45) is 0 Å². The molecule has 0 bridgehead atoms. The standard InChI is InChI=1S/C24H28F4N2O9S2/c1-14-18(9-8-16(30(32)33)20(14)23(31)39-24(2,3)4)38-22-15(26)6-7-17(21(22)28)29(40(34)35)12-10-19(27)41(36,37)13-5-11-25/h6-9,19H,5,10-13H2,1-4H3,(H,34,35). The van der Waals surface area contributed by atoms with Gasteiger partial charge in [0.15, 0.2) is 21.5 Å². The minimum Gasteiger partial charge on any atom is -0.456 e. The topological polar surface area (TPSA) is 153 Å². The van der Waals surface area contributed by atoms with Crippen LogP contribution in [0, 0.1) is 28.7 Å². The molecule has 0 heterocycles. The van der Waals surface area contributed by atoms with Crippen molar-refractivity contribution in [3.05, 3.63) is 57.1 Å². The number of carbonyl (C=O) groups is 1. The summed E-state index contributed by atoms with van der Waals surface area (Å²) < 4.78 is 113. The van der Waals surface area contributed by atoms with Crippen LogP contribution in [0.1, 0.15) is 49.5 Å². The molecule has 2 unspecified atom stereocenters. The van der Waals surface area contributed by atoms with E-state index in [2.05, 4.69) is 0 Å². The van der Waals surface area contributed by atoms with Crippen molar-refractivity contribution in [2.45, 2.75) is 51.6 Å². The molecule has 2 aromatic rings. The lowest BCUT2D eigenvalue weighted by Crippen LogP contribution is -2.31. The first-order valence-corrected chi connectivity index (χ1v) is 14.7. The van der Waals surface area contributed by atoms with Crippen molar-refractivity contribution in [2.75, 3.05) is 23.3 Å². The Morgan fingerprint density at radius 2 is 1.85 bits per heavy atom. The highest BCUT2D eigenvalue weighted by molar-refractivity contribution is 7.91. The third-order valence-corrected chi connectivity index (χ3v) is 8.03. The molecule has 2 atom stereocenters. The van der Waals surface area contributed by atoms with Gasteiger partial charge in [0.1, 0.15) is 16.9 Å². The number of hydrogen-bond donors (Lipinski definition) is 1. The Balaban J connectivity index is 2.49. The monoisotopic (exact) mass is 628 g/mol. The average Bonchev–Trinajstić information content (AvgIpc) is 2.85. The second-order valence-electron chi connectivity index (χ2n) is 9.59. The average molecular weight is 629 g/mol. The molecule has 0 fully saturated rings. The molecule has 0 aliphatic rings. The molecule has 0 saturated carbocycles.